The van der Waals surface area contributed by atoms with Gasteiger partial charge in [0.05, 0.1) is 0 Å². The van der Waals surface area contributed by atoms with Gasteiger partial charge in [0.25, 0.3) is 0 Å². The van der Waals surface area contributed by atoms with Gasteiger partial charge < -0.3 is 16.4 Å². The number of carbonyl (C=O) groups excluding carboxylic acids is 1. The lowest BCUT2D eigenvalue weighted by molar-refractivity contribution is 0.240. The van der Waals surface area contributed by atoms with E-state index >= 15 is 0 Å². The number of hydrogen-bond acceptors (Lipinski definition) is 2. The second-order valence-electron chi connectivity index (χ2n) is 2.58. The Morgan fingerprint density at radius 1 is 1.55 bits per heavy atom. The number of carbonyl (C=O) groups is 1. The molecule has 0 rings (SSSR count). The molecule has 0 bridgehead atoms. The molecule has 66 valence electrons. The molecule has 0 aromatic heterocycles. The van der Waals surface area contributed by atoms with Crippen LogP contribution in [0, 0.1) is 5.92 Å². The molecule has 0 aliphatic heterocycles. The number of amides is 2. The summed E-state index contributed by atoms with van der Waals surface area (Å²) in [5.74, 6) is 0.345. The molecule has 0 aliphatic rings. The zero-order valence-corrected chi connectivity index (χ0v) is 7.18. The molecule has 1 atom stereocenters. The van der Waals surface area contributed by atoms with Crippen LogP contribution in [-0.4, -0.2) is 25.7 Å². The van der Waals surface area contributed by atoms with E-state index in [0.717, 1.165) is 0 Å². The molecule has 11 heavy (non-hydrogen) atoms. The van der Waals surface area contributed by atoms with E-state index < -0.39 is 0 Å². The molecule has 0 spiro atoms. The Bertz CT molecular complexity index is 116. The Labute approximate surface area is 67.5 Å². The van der Waals surface area contributed by atoms with E-state index in [2.05, 4.69) is 10.6 Å². The zero-order chi connectivity index (χ0) is 8.69. The van der Waals surface area contributed by atoms with Crippen LogP contribution in [0.3, 0.4) is 0 Å². The Kier molecular flexibility index (Phi) is 5.56. The smallest absolute Gasteiger partial charge is 0.314 e. The highest BCUT2D eigenvalue weighted by Crippen LogP contribution is 1.85. The van der Waals surface area contributed by atoms with Gasteiger partial charge in [-0.25, -0.2) is 4.79 Å². The third-order valence-corrected chi connectivity index (χ3v) is 1.35. The van der Waals surface area contributed by atoms with Gasteiger partial charge in [-0.15, -0.1) is 0 Å². The quantitative estimate of drug-likeness (QED) is 0.536. The summed E-state index contributed by atoms with van der Waals surface area (Å²) in [4.78, 5) is 10.8. The summed E-state index contributed by atoms with van der Waals surface area (Å²) in [7, 11) is 0. The summed E-state index contributed by atoms with van der Waals surface area (Å²) in [5, 5.41) is 5.34. The van der Waals surface area contributed by atoms with E-state index in [1.807, 2.05) is 13.8 Å². The van der Waals surface area contributed by atoms with Crippen LogP contribution in [0.2, 0.25) is 0 Å². The Balaban J connectivity index is 3.30. The standard InChI is InChI=1S/C7H17N3O/c1-3-9-7(11)10-5-6(2)4-8/h6H,3-5,8H2,1-2H3,(H2,9,10,11). The van der Waals surface area contributed by atoms with Crippen molar-refractivity contribution in [2.45, 2.75) is 13.8 Å². The van der Waals surface area contributed by atoms with Crippen molar-refractivity contribution in [1.29, 1.82) is 0 Å². The molecule has 4 nitrogen and oxygen atoms in total. The number of rotatable bonds is 4. The third-order valence-electron chi connectivity index (χ3n) is 1.35. The topological polar surface area (TPSA) is 67.2 Å². The number of nitrogens with one attached hydrogen (secondary N) is 2. The van der Waals surface area contributed by atoms with Crippen LogP contribution in [0.4, 0.5) is 4.79 Å². The maximum atomic E-state index is 10.8. The van der Waals surface area contributed by atoms with E-state index in [4.69, 9.17) is 5.73 Å². The van der Waals surface area contributed by atoms with Crippen LogP contribution in [-0.2, 0) is 0 Å². The first-order chi connectivity index (χ1) is 5.20. The number of urea groups is 1. The molecule has 0 aromatic carbocycles. The van der Waals surface area contributed by atoms with Gasteiger partial charge in [-0.1, -0.05) is 6.92 Å². The monoisotopic (exact) mass is 159 g/mol. The van der Waals surface area contributed by atoms with Crippen molar-refractivity contribution in [3.8, 4) is 0 Å². The molecule has 0 heterocycles. The average Bonchev–Trinajstić information content (AvgIpc) is 2.01. The van der Waals surface area contributed by atoms with Gasteiger partial charge in [-0.3, -0.25) is 0 Å². The molecule has 4 N–H and O–H groups in total. The van der Waals surface area contributed by atoms with Crippen molar-refractivity contribution in [1.82, 2.24) is 10.6 Å². The minimum atomic E-state index is -0.118. The fourth-order valence-electron chi connectivity index (χ4n) is 0.573. The van der Waals surface area contributed by atoms with Crippen LogP contribution in [0.25, 0.3) is 0 Å². The average molecular weight is 159 g/mol. The highest BCUT2D eigenvalue weighted by atomic mass is 16.2. The minimum Gasteiger partial charge on any atom is -0.338 e. The molecule has 0 fully saturated rings. The van der Waals surface area contributed by atoms with Crippen LogP contribution in [0.5, 0.6) is 0 Å². The summed E-state index contributed by atoms with van der Waals surface area (Å²) in [6.45, 7) is 5.77. The maximum absolute atomic E-state index is 10.8. The lowest BCUT2D eigenvalue weighted by Crippen LogP contribution is -2.38. The van der Waals surface area contributed by atoms with Crippen LogP contribution < -0.4 is 16.4 Å². The predicted molar refractivity (Wildman–Crippen MR) is 45.3 cm³/mol. The highest BCUT2D eigenvalue weighted by molar-refractivity contribution is 5.73. The first kappa shape index (κ1) is 10.2. The Morgan fingerprint density at radius 2 is 2.18 bits per heavy atom. The van der Waals surface area contributed by atoms with Crippen molar-refractivity contribution in [3.05, 3.63) is 0 Å². The van der Waals surface area contributed by atoms with Gasteiger partial charge >= 0.3 is 6.03 Å². The maximum Gasteiger partial charge on any atom is 0.314 e. The van der Waals surface area contributed by atoms with Crippen molar-refractivity contribution < 1.29 is 4.79 Å². The fourth-order valence-corrected chi connectivity index (χ4v) is 0.573. The minimum absolute atomic E-state index is 0.118. The summed E-state index contributed by atoms with van der Waals surface area (Å²) in [6, 6.07) is -0.118. The van der Waals surface area contributed by atoms with E-state index in [9.17, 15) is 4.79 Å². The van der Waals surface area contributed by atoms with Gasteiger partial charge in [-0.05, 0) is 19.4 Å². The van der Waals surface area contributed by atoms with Crippen LogP contribution >= 0.6 is 0 Å². The molecule has 0 saturated carbocycles. The predicted octanol–water partition coefficient (Wildman–Crippen LogP) is -0.0997. The Hall–Kier alpha value is -0.770. The summed E-state index contributed by atoms with van der Waals surface area (Å²) < 4.78 is 0. The molecule has 0 aliphatic carbocycles. The van der Waals surface area contributed by atoms with Gasteiger partial charge in [-0.2, -0.15) is 0 Å². The molecular formula is C7H17N3O. The summed E-state index contributed by atoms with van der Waals surface area (Å²) >= 11 is 0. The Morgan fingerprint density at radius 3 is 2.64 bits per heavy atom. The largest absolute Gasteiger partial charge is 0.338 e. The molecule has 4 heteroatoms. The van der Waals surface area contributed by atoms with Gasteiger partial charge in [0.2, 0.25) is 0 Å². The summed E-state index contributed by atoms with van der Waals surface area (Å²) in [5.41, 5.74) is 5.36. The first-order valence-electron chi connectivity index (χ1n) is 3.92. The van der Waals surface area contributed by atoms with E-state index in [1.165, 1.54) is 0 Å². The molecule has 0 radical (unpaired) electrons. The van der Waals surface area contributed by atoms with Crippen molar-refractivity contribution in [2.75, 3.05) is 19.6 Å². The van der Waals surface area contributed by atoms with E-state index in [-0.39, 0.29) is 6.03 Å². The second-order valence-corrected chi connectivity index (χ2v) is 2.58. The molecule has 1 unspecified atom stereocenters. The number of hydrogen-bond donors (Lipinski definition) is 3. The second kappa shape index (κ2) is 5.97. The molecule has 0 aromatic rings. The van der Waals surface area contributed by atoms with Crippen molar-refractivity contribution >= 4 is 6.03 Å². The highest BCUT2D eigenvalue weighted by Gasteiger charge is 2.00. The molecule has 0 saturated heterocycles. The normalized spacial score (nSPS) is 12.3. The molecule has 2 amide bonds. The van der Waals surface area contributed by atoms with Gasteiger partial charge in [0.1, 0.15) is 0 Å². The van der Waals surface area contributed by atoms with Crippen molar-refractivity contribution in [3.63, 3.8) is 0 Å². The lowest BCUT2D eigenvalue weighted by atomic mass is 10.2. The van der Waals surface area contributed by atoms with Gasteiger partial charge in [0, 0.05) is 13.1 Å². The first-order valence-corrected chi connectivity index (χ1v) is 3.92. The van der Waals surface area contributed by atoms with Gasteiger partial charge in [0.15, 0.2) is 0 Å². The number of nitrogens with two attached hydrogens (primary N) is 1. The summed E-state index contributed by atoms with van der Waals surface area (Å²) in [6.07, 6.45) is 0. The van der Waals surface area contributed by atoms with E-state index in [1.54, 1.807) is 0 Å². The lowest BCUT2D eigenvalue weighted by Gasteiger charge is -2.09. The van der Waals surface area contributed by atoms with Crippen LogP contribution in [0.1, 0.15) is 13.8 Å². The zero-order valence-electron chi connectivity index (χ0n) is 7.18. The van der Waals surface area contributed by atoms with E-state index in [0.29, 0.717) is 25.6 Å². The SMILES string of the molecule is CCNC(=O)NCC(C)CN. The molecular weight excluding hydrogens is 142 g/mol. The van der Waals surface area contributed by atoms with Crippen LogP contribution in [0.15, 0.2) is 0 Å². The fraction of sp³-hybridized carbons (Fsp3) is 0.857. The third kappa shape index (κ3) is 5.66. The van der Waals surface area contributed by atoms with Crippen molar-refractivity contribution in [2.24, 2.45) is 11.7 Å².